The molecule has 3 N–H and O–H groups in total. The number of aromatic nitrogens is 2. The molecule has 0 amide bonds. The molecule has 0 atom stereocenters. The highest BCUT2D eigenvalue weighted by Crippen LogP contribution is 2.25. The van der Waals surface area contributed by atoms with Gasteiger partial charge in [0.15, 0.2) is 0 Å². The van der Waals surface area contributed by atoms with E-state index >= 15 is 0 Å². The third-order valence-corrected chi connectivity index (χ3v) is 7.86. The van der Waals surface area contributed by atoms with Crippen LogP contribution in [0.2, 0.25) is 5.02 Å². The van der Waals surface area contributed by atoms with Gasteiger partial charge in [-0.15, -0.1) is 0 Å². The van der Waals surface area contributed by atoms with Crippen molar-refractivity contribution in [3.05, 3.63) is 96.4 Å². The molecule has 2 aromatic heterocycles. The van der Waals surface area contributed by atoms with Gasteiger partial charge in [0.1, 0.15) is 9.92 Å². The molecule has 4 rings (SSSR count). The van der Waals surface area contributed by atoms with Crippen molar-refractivity contribution in [2.75, 3.05) is 5.73 Å². The van der Waals surface area contributed by atoms with E-state index in [2.05, 4.69) is 4.98 Å². The molecule has 156 valence electrons. The maximum atomic E-state index is 12.1. The second kappa shape index (κ2) is 8.78. The molecule has 0 aliphatic rings. The van der Waals surface area contributed by atoms with Crippen molar-refractivity contribution >= 4 is 37.1 Å². The van der Waals surface area contributed by atoms with E-state index in [1.165, 1.54) is 24.5 Å². The van der Waals surface area contributed by atoms with E-state index in [9.17, 15) is 16.8 Å². The Hall–Kier alpha value is -3.01. The van der Waals surface area contributed by atoms with Crippen LogP contribution in [-0.2, 0) is 19.9 Å². The summed E-state index contributed by atoms with van der Waals surface area (Å²) < 4.78 is 49.0. The Bertz CT molecular complexity index is 1320. The molecule has 0 radical (unpaired) electrons. The summed E-state index contributed by atoms with van der Waals surface area (Å²) in [6, 6.07) is 19.2. The van der Waals surface area contributed by atoms with Gasteiger partial charge in [-0.1, -0.05) is 29.8 Å². The van der Waals surface area contributed by atoms with Crippen LogP contribution in [0.3, 0.4) is 0 Å². The van der Waals surface area contributed by atoms with Gasteiger partial charge in [0.25, 0.3) is 10.0 Å². The quantitative estimate of drug-likeness (QED) is 0.446. The minimum Gasteiger partial charge on any atom is -0.399 e. The summed E-state index contributed by atoms with van der Waals surface area (Å²) in [6.45, 7) is 0. The van der Waals surface area contributed by atoms with E-state index in [1.807, 2.05) is 0 Å². The molecule has 0 fully saturated rings. The molecule has 0 saturated carbocycles. The summed E-state index contributed by atoms with van der Waals surface area (Å²) in [5, 5.41) is 0.381. The molecule has 0 aliphatic heterocycles. The summed E-state index contributed by atoms with van der Waals surface area (Å²) in [5.74, 6) is 0. The van der Waals surface area contributed by atoms with Gasteiger partial charge < -0.3 is 10.7 Å². The highest BCUT2D eigenvalue weighted by molar-refractivity contribution is 7.91. The standard InChI is InChI=1S/C10H9ClN2O2S.C10H9NO2S/c11-9-4-3-8(12)7-10(9)16(14,15)13-5-1-2-6-13;12-14(13,10-7-4-8-11-10)9-5-2-1-3-6-9/h1-7H,12H2;1-8,11H. The normalized spacial score (nSPS) is 11.5. The Morgan fingerprint density at radius 1 is 0.833 bits per heavy atom. The first-order valence-electron chi connectivity index (χ1n) is 8.60. The van der Waals surface area contributed by atoms with Crippen molar-refractivity contribution in [1.29, 1.82) is 0 Å². The molecule has 0 spiro atoms. The molecule has 4 aromatic rings. The van der Waals surface area contributed by atoms with Crippen LogP contribution < -0.4 is 5.73 Å². The fourth-order valence-corrected chi connectivity index (χ4v) is 5.47. The average molecular weight is 464 g/mol. The number of hydrogen-bond acceptors (Lipinski definition) is 5. The fourth-order valence-electron chi connectivity index (χ4n) is 2.52. The maximum absolute atomic E-state index is 12.1. The van der Waals surface area contributed by atoms with E-state index in [0.29, 0.717) is 10.6 Å². The van der Waals surface area contributed by atoms with Gasteiger partial charge in [-0.25, -0.2) is 20.8 Å². The maximum Gasteiger partial charge on any atom is 0.269 e. The van der Waals surface area contributed by atoms with E-state index in [1.54, 1.807) is 66.9 Å². The average Bonchev–Trinajstić information content (AvgIpc) is 3.45. The molecule has 10 heteroatoms. The molecule has 2 aromatic carbocycles. The van der Waals surface area contributed by atoms with Crippen LogP contribution in [0.4, 0.5) is 5.69 Å². The topological polar surface area (TPSA) is 115 Å². The van der Waals surface area contributed by atoms with Gasteiger partial charge in [0.05, 0.1) is 9.92 Å². The Morgan fingerprint density at radius 3 is 2.10 bits per heavy atom. The van der Waals surface area contributed by atoms with Gasteiger partial charge in [-0.05, 0) is 54.6 Å². The second-order valence-electron chi connectivity index (χ2n) is 6.06. The van der Waals surface area contributed by atoms with E-state index in [0.717, 1.165) is 3.97 Å². The number of halogens is 1. The largest absolute Gasteiger partial charge is 0.399 e. The summed E-state index contributed by atoms with van der Waals surface area (Å²) in [5.41, 5.74) is 5.90. The van der Waals surface area contributed by atoms with E-state index in [4.69, 9.17) is 17.3 Å². The summed E-state index contributed by atoms with van der Waals surface area (Å²) in [6.07, 6.45) is 4.47. The van der Waals surface area contributed by atoms with Crippen molar-refractivity contribution < 1.29 is 16.8 Å². The van der Waals surface area contributed by atoms with Crippen molar-refractivity contribution in [3.8, 4) is 0 Å². The summed E-state index contributed by atoms with van der Waals surface area (Å²) in [4.78, 5) is 3.00. The van der Waals surface area contributed by atoms with Gasteiger partial charge in [-0.3, -0.25) is 0 Å². The lowest BCUT2D eigenvalue weighted by molar-refractivity contribution is 0.587. The molecule has 0 saturated heterocycles. The minimum absolute atomic E-state index is 0.00497. The van der Waals surface area contributed by atoms with E-state index < -0.39 is 19.9 Å². The molecule has 0 aliphatic carbocycles. The molecule has 30 heavy (non-hydrogen) atoms. The van der Waals surface area contributed by atoms with Gasteiger partial charge in [0.2, 0.25) is 9.84 Å². The Balaban J connectivity index is 0.000000172. The monoisotopic (exact) mass is 463 g/mol. The number of anilines is 1. The third kappa shape index (κ3) is 4.59. The molecule has 7 nitrogen and oxygen atoms in total. The zero-order valence-corrected chi connectivity index (χ0v) is 17.9. The number of nitrogens with zero attached hydrogens (tertiary/aromatic N) is 1. The molecule has 0 unspecified atom stereocenters. The Labute approximate surface area is 179 Å². The minimum atomic E-state index is -3.64. The Morgan fingerprint density at radius 2 is 1.50 bits per heavy atom. The van der Waals surface area contributed by atoms with Crippen LogP contribution in [0.25, 0.3) is 0 Å². The number of sulfone groups is 1. The first-order chi connectivity index (χ1) is 14.2. The number of hydrogen-bond donors (Lipinski definition) is 2. The van der Waals surface area contributed by atoms with Crippen molar-refractivity contribution in [2.45, 2.75) is 14.8 Å². The number of H-pyrrole nitrogens is 1. The number of rotatable bonds is 4. The molecule has 0 bridgehead atoms. The van der Waals surface area contributed by atoms with Crippen LogP contribution in [0, 0.1) is 0 Å². The van der Waals surface area contributed by atoms with Crippen LogP contribution in [-0.4, -0.2) is 25.8 Å². The zero-order chi connectivity index (χ0) is 21.8. The Kier molecular flexibility index (Phi) is 6.35. The predicted molar refractivity (Wildman–Crippen MR) is 116 cm³/mol. The smallest absolute Gasteiger partial charge is 0.269 e. The van der Waals surface area contributed by atoms with Crippen molar-refractivity contribution in [1.82, 2.24) is 8.96 Å². The number of nitrogens with one attached hydrogen (secondary N) is 1. The lowest BCUT2D eigenvalue weighted by Gasteiger charge is -2.08. The van der Waals surface area contributed by atoms with Gasteiger partial charge >= 0.3 is 0 Å². The van der Waals surface area contributed by atoms with Crippen molar-refractivity contribution in [3.63, 3.8) is 0 Å². The highest BCUT2D eigenvalue weighted by Gasteiger charge is 2.19. The van der Waals surface area contributed by atoms with Crippen LogP contribution in [0.1, 0.15) is 0 Å². The SMILES string of the molecule is Nc1ccc(Cl)c(S(=O)(=O)n2cccc2)c1.O=S(=O)(c1ccccc1)c1ccc[nH]1. The zero-order valence-electron chi connectivity index (χ0n) is 15.5. The lowest BCUT2D eigenvalue weighted by Crippen LogP contribution is -2.11. The highest BCUT2D eigenvalue weighted by atomic mass is 35.5. The summed E-state index contributed by atoms with van der Waals surface area (Å²) >= 11 is 5.85. The first-order valence-corrected chi connectivity index (χ1v) is 11.9. The molecular weight excluding hydrogens is 446 g/mol. The van der Waals surface area contributed by atoms with Gasteiger partial charge in [-0.2, -0.15) is 0 Å². The fraction of sp³-hybridized carbons (Fsp3) is 0. The van der Waals surface area contributed by atoms with Crippen LogP contribution in [0.15, 0.2) is 106 Å². The predicted octanol–water partition coefficient (Wildman–Crippen LogP) is 3.81. The van der Waals surface area contributed by atoms with E-state index in [-0.39, 0.29) is 14.9 Å². The second-order valence-corrected chi connectivity index (χ2v) is 10.2. The lowest BCUT2D eigenvalue weighted by atomic mass is 10.3. The number of nitrogens with two attached hydrogens (primary N) is 1. The van der Waals surface area contributed by atoms with Crippen LogP contribution >= 0.6 is 11.6 Å². The summed E-state index contributed by atoms with van der Waals surface area (Å²) in [7, 11) is -7.00. The number of aromatic amines is 1. The molecule has 2 heterocycles. The molecular formula is C20H18ClN3O4S2. The third-order valence-electron chi connectivity index (χ3n) is 4.00. The first kappa shape index (κ1) is 21.7. The number of nitrogen functional groups attached to an aromatic ring is 1. The van der Waals surface area contributed by atoms with Gasteiger partial charge in [0, 0.05) is 24.3 Å². The number of benzene rings is 2. The van der Waals surface area contributed by atoms with Crippen molar-refractivity contribution in [2.24, 2.45) is 0 Å². The van der Waals surface area contributed by atoms with Crippen LogP contribution in [0.5, 0.6) is 0 Å².